The Labute approximate surface area is 108 Å². The van der Waals surface area contributed by atoms with Gasteiger partial charge in [-0.1, -0.05) is 19.4 Å². The van der Waals surface area contributed by atoms with Crippen molar-refractivity contribution < 1.29 is 4.43 Å². The third kappa shape index (κ3) is 3.47. The molecule has 0 saturated heterocycles. The average molecular weight is 250 g/mol. The molecular weight excluding hydrogens is 224 g/mol. The van der Waals surface area contributed by atoms with Gasteiger partial charge in [0, 0.05) is 12.3 Å². The van der Waals surface area contributed by atoms with Crippen molar-refractivity contribution in [2.24, 2.45) is 5.92 Å². The van der Waals surface area contributed by atoms with Gasteiger partial charge in [0.05, 0.1) is 5.60 Å². The zero-order valence-corrected chi connectivity index (χ0v) is 12.8. The lowest BCUT2D eigenvalue weighted by molar-refractivity contribution is 0.00428. The highest BCUT2D eigenvalue weighted by molar-refractivity contribution is 6.69. The van der Waals surface area contributed by atoms with Crippen LogP contribution in [0.2, 0.25) is 19.6 Å². The van der Waals surface area contributed by atoms with E-state index in [1.165, 1.54) is 24.8 Å². The minimum atomic E-state index is -1.58. The molecule has 0 aromatic carbocycles. The van der Waals surface area contributed by atoms with Gasteiger partial charge in [-0.15, -0.1) is 12.3 Å². The van der Waals surface area contributed by atoms with E-state index in [9.17, 15) is 0 Å². The van der Waals surface area contributed by atoms with E-state index < -0.39 is 8.32 Å². The van der Waals surface area contributed by atoms with Gasteiger partial charge in [0.1, 0.15) is 0 Å². The second kappa shape index (κ2) is 5.41. The molecule has 1 aliphatic carbocycles. The molecule has 1 fully saturated rings. The summed E-state index contributed by atoms with van der Waals surface area (Å²) < 4.78 is 6.54. The number of rotatable bonds is 4. The molecule has 0 aromatic heterocycles. The first-order chi connectivity index (χ1) is 7.82. The molecule has 1 saturated carbocycles. The highest BCUT2D eigenvalue weighted by atomic mass is 28.4. The maximum absolute atomic E-state index is 6.54. The molecule has 0 aliphatic heterocycles. The van der Waals surface area contributed by atoms with E-state index in [4.69, 9.17) is 10.8 Å². The van der Waals surface area contributed by atoms with Crippen molar-refractivity contribution in [2.75, 3.05) is 0 Å². The van der Waals surface area contributed by atoms with Crippen LogP contribution in [0.15, 0.2) is 12.2 Å². The molecule has 2 heteroatoms. The molecule has 0 unspecified atom stereocenters. The van der Waals surface area contributed by atoms with Gasteiger partial charge in [-0.2, -0.15) is 0 Å². The molecule has 17 heavy (non-hydrogen) atoms. The van der Waals surface area contributed by atoms with Crippen molar-refractivity contribution in [3.05, 3.63) is 12.2 Å². The topological polar surface area (TPSA) is 9.23 Å². The van der Waals surface area contributed by atoms with Crippen LogP contribution in [0.1, 0.15) is 39.0 Å². The van der Waals surface area contributed by atoms with E-state index in [0.717, 1.165) is 12.8 Å². The maximum atomic E-state index is 6.54. The van der Waals surface area contributed by atoms with Crippen LogP contribution in [-0.4, -0.2) is 13.9 Å². The molecular formula is C15H26OSi. The summed E-state index contributed by atoms with van der Waals surface area (Å²) in [5.74, 6) is 3.29. The Balaban J connectivity index is 3.01. The summed E-state index contributed by atoms with van der Waals surface area (Å²) in [6.07, 6.45) is 11.1. The first-order valence-electron chi connectivity index (χ1n) is 6.61. The van der Waals surface area contributed by atoms with E-state index in [2.05, 4.69) is 39.1 Å². The summed E-state index contributed by atoms with van der Waals surface area (Å²) in [5, 5.41) is 0. The minimum absolute atomic E-state index is 0.144. The summed E-state index contributed by atoms with van der Waals surface area (Å²) in [4.78, 5) is 0. The third-order valence-electron chi connectivity index (χ3n) is 3.59. The van der Waals surface area contributed by atoms with Gasteiger partial charge in [-0.05, 0) is 45.0 Å². The van der Waals surface area contributed by atoms with Crippen LogP contribution in [0.5, 0.6) is 0 Å². The summed E-state index contributed by atoms with van der Waals surface area (Å²) in [5.41, 5.74) is 1.02. The SMILES string of the molecule is C#CC[C@H]1CCCC[C@]1(O[Si](C)(C)C)C(=C)C. The molecule has 0 heterocycles. The van der Waals surface area contributed by atoms with Gasteiger partial charge in [0.2, 0.25) is 0 Å². The second-order valence-electron chi connectivity index (χ2n) is 6.24. The van der Waals surface area contributed by atoms with Crippen LogP contribution in [0, 0.1) is 18.3 Å². The first-order valence-corrected chi connectivity index (χ1v) is 10.0. The Hall–Kier alpha value is -0.523. The predicted octanol–water partition coefficient (Wildman–Crippen LogP) is 4.37. The van der Waals surface area contributed by atoms with Gasteiger partial charge in [-0.25, -0.2) is 0 Å². The Morgan fingerprint density at radius 2 is 2.12 bits per heavy atom. The van der Waals surface area contributed by atoms with Gasteiger partial charge in [0.15, 0.2) is 8.32 Å². The Bertz CT molecular complexity index is 321. The fraction of sp³-hybridized carbons (Fsp3) is 0.733. The van der Waals surface area contributed by atoms with Crippen LogP contribution in [0.4, 0.5) is 0 Å². The Morgan fingerprint density at radius 3 is 2.59 bits per heavy atom. The molecule has 0 amide bonds. The van der Waals surface area contributed by atoms with Gasteiger partial charge in [0.25, 0.3) is 0 Å². The molecule has 1 rings (SSSR count). The Kier molecular flexibility index (Phi) is 4.63. The van der Waals surface area contributed by atoms with E-state index in [-0.39, 0.29) is 5.60 Å². The molecule has 0 radical (unpaired) electrons. The van der Waals surface area contributed by atoms with E-state index >= 15 is 0 Å². The van der Waals surface area contributed by atoms with Crippen molar-refractivity contribution in [3.8, 4) is 12.3 Å². The van der Waals surface area contributed by atoms with E-state index in [1.54, 1.807) is 0 Å². The number of hydrogen-bond acceptors (Lipinski definition) is 1. The van der Waals surface area contributed by atoms with Crippen molar-refractivity contribution >= 4 is 8.32 Å². The molecule has 0 aromatic rings. The van der Waals surface area contributed by atoms with Crippen molar-refractivity contribution in [1.82, 2.24) is 0 Å². The predicted molar refractivity (Wildman–Crippen MR) is 77.4 cm³/mol. The summed E-state index contributed by atoms with van der Waals surface area (Å²) in [6.45, 7) is 13.1. The van der Waals surface area contributed by atoms with Crippen molar-refractivity contribution in [2.45, 2.75) is 64.3 Å². The van der Waals surface area contributed by atoms with Gasteiger partial charge < -0.3 is 4.43 Å². The quantitative estimate of drug-likeness (QED) is 0.409. The fourth-order valence-corrected chi connectivity index (χ4v) is 4.49. The lowest BCUT2D eigenvalue weighted by atomic mass is 9.71. The van der Waals surface area contributed by atoms with Crippen LogP contribution in [-0.2, 0) is 4.43 Å². The van der Waals surface area contributed by atoms with Crippen molar-refractivity contribution in [3.63, 3.8) is 0 Å². The monoisotopic (exact) mass is 250 g/mol. The molecule has 1 aliphatic rings. The normalized spacial score (nSPS) is 29.7. The zero-order valence-electron chi connectivity index (χ0n) is 11.8. The zero-order chi connectivity index (χ0) is 13.1. The van der Waals surface area contributed by atoms with E-state index in [1.807, 2.05) is 0 Å². The minimum Gasteiger partial charge on any atom is -0.408 e. The summed E-state index contributed by atoms with van der Waals surface area (Å²) >= 11 is 0. The summed E-state index contributed by atoms with van der Waals surface area (Å²) in [6, 6.07) is 0. The maximum Gasteiger partial charge on any atom is 0.184 e. The third-order valence-corrected chi connectivity index (χ3v) is 4.56. The van der Waals surface area contributed by atoms with Crippen LogP contribution in [0.3, 0.4) is 0 Å². The fourth-order valence-electron chi connectivity index (χ4n) is 2.95. The smallest absolute Gasteiger partial charge is 0.184 e. The van der Waals surface area contributed by atoms with Gasteiger partial charge in [-0.3, -0.25) is 0 Å². The number of hydrogen-bond donors (Lipinski definition) is 0. The first kappa shape index (κ1) is 14.5. The van der Waals surface area contributed by atoms with E-state index in [0.29, 0.717) is 5.92 Å². The lowest BCUT2D eigenvalue weighted by Crippen LogP contribution is -2.50. The molecule has 96 valence electrons. The standard InChI is InChI=1S/C15H26OSi/c1-7-10-14-11-8-9-12-15(14,13(2)3)16-17(4,5)6/h1,14H,2,8-12H2,3-6H3/t14-,15-/m0/s1. The van der Waals surface area contributed by atoms with Crippen LogP contribution >= 0.6 is 0 Å². The Morgan fingerprint density at radius 1 is 1.47 bits per heavy atom. The lowest BCUT2D eigenvalue weighted by Gasteiger charge is -2.48. The molecule has 0 spiro atoms. The highest BCUT2D eigenvalue weighted by Gasteiger charge is 2.44. The number of terminal acetylenes is 1. The van der Waals surface area contributed by atoms with Crippen LogP contribution in [0.25, 0.3) is 0 Å². The second-order valence-corrected chi connectivity index (χ2v) is 10.7. The molecule has 0 N–H and O–H groups in total. The van der Waals surface area contributed by atoms with Crippen molar-refractivity contribution in [1.29, 1.82) is 0 Å². The van der Waals surface area contributed by atoms with Gasteiger partial charge >= 0.3 is 0 Å². The highest BCUT2D eigenvalue weighted by Crippen LogP contribution is 2.44. The average Bonchev–Trinajstić information content (AvgIpc) is 2.19. The molecule has 0 bridgehead atoms. The van der Waals surface area contributed by atoms with Crippen LogP contribution < -0.4 is 0 Å². The summed E-state index contributed by atoms with van der Waals surface area (Å²) in [7, 11) is -1.58. The largest absolute Gasteiger partial charge is 0.408 e. The molecule has 1 nitrogen and oxygen atoms in total. The molecule has 2 atom stereocenters.